The van der Waals surface area contributed by atoms with Crippen molar-refractivity contribution in [3.63, 3.8) is 0 Å². The summed E-state index contributed by atoms with van der Waals surface area (Å²) in [6.07, 6.45) is 7.01. The van der Waals surface area contributed by atoms with Gasteiger partial charge in [0, 0.05) is 31.5 Å². The fourth-order valence-corrected chi connectivity index (χ4v) is 3.05. The maximum atomic E-state index is 14.2. The van der Waals surface area contributed by atoms with Gasteiger partial charge in [0.1, 0.15) is 11.5 Å². The molecule has 4 rings (SSSR count). The smallest absolute Gasteiger partial charge is 0.231 e. The highest BCUT2D eigenvalue weighted by Gasteiger charge is 2.19. The largest absolute Gasteiger partial charge is 0.365 e. The Kier molecular flexibility index (Phi) is 4.22. The molecular weight excluding hydrogens is 323 g/mol. The standard InChI is InChI=1S/C16H21FN8/c1-2-25-9-11(7-20-25)22-16-23-14-13(12(17)8-19-14)15(24-16)21-10-4-3-5-18-6-10/h7-10,18H,2-6H2,1H3,(H3,19,21,22,23,24). The van der Waals surface area contributed by atoms with Crippen molar-refractivity contribution in [2.75, 3.05) is 23.7 Å². The van der Waals surface area contributed by atoms with Crippen LogP contribution in [0.2, 0.25) is 0 Å². The predicted octanol–water partition coefficient (Wildman–Crippen LogP) is 2.22. The van der Waals surface area contributed by atoms with Gasteiger partial charge in [-0.05, 0) is 26.3 Å². The van der Waals surface area contributed by atoms with Gasteiger partial charge in [-0.25, -0.2) is 4.39 Å². The summed E-state index contributed by atoms with van der Waals surface area (Å²) in [7, 11) is 0. The Hall–Kier alpha value is -2.68. The number of anilines is 3. The lowest BCUT2D eigenvalue weighted by Crippen LogP contribution is -2.38. The number of aromatic amines is 1. The Morgan fingerprint density at radius 3 is 3.08 bits per heavy atom. The first kappa shape index (κ1) is 15.8. The number of rotatable bonds is 5. The van der Waals surface area contributed by atoms with E-state index in [0.717, 1.165) is 38.2 Å². The molecule has 3 aromatic heterocycles. The van der Waals surface area contributed by atoms with Crippen molar-refractivity contribution in [3.05, 3.63) is 24.4 Å². The number of nitrogens with zero attached hydrogens (tertiary/aromatic N) is 4. The van der Waals surface area contributed by atoms with Crippen LogP contribution in [0, 0.1) is 5.82 Å². The topological polar surface area (TPSA) is 95.5 Å². The van der Waals surface area contributed by atoms with Gasteiger partial charge in [-0.3, -0.25) is 4.68 Å². The second-order valence-electron chi connectivity index (χ2n) is 6.15. The van der Waals surface area contributed by atoms with Crippen molar-refractivity contribution < 1.29 is 4.39 Å². The van der Waals surface area contributed by atoms with Crippen LogP contribution >= 0.6 is 0 Å². The zero-order valence-corrected chi connectivity index (χ0v) is 14.0. The minimum absolute atomic E-state index is 0.219. The van der Waals surface area contributed by atoms with Crippen molar-refractivity contribution in [3.8, 4) is 0 Å². The molecule has 4 heterocycles. The monoisotopic (exact) mass is 344 g/mol. The number of hydrogen-bond donors (Lipinski definition) is 4. The molecule has 0 aliphatic carbocycles. The van der Waals surface area contributed by atoms with E-state index >= 15 is 0 Å². The molecular formula is C16H21FN8. The van der Waals surface area contributed by atoms with Crippen LogP contribution in [0.4, 0.5) is 21.8 Å². The summed E-state index contributed by atoms with van der Waals surface area (Å²) in [4.78, 5) is 11.7. The number of fused-ring (bicyclic) bond motifs is 1. The van der Waals surface area contributed by atoms with E-state index in [1.54, 1.807) is 6.20 Å². The maximum absolute atomic E-state index is 14.2. The van der Waals surface area contributed by atoms with E-state index < -0.39 is 0 Å². The molecule has 0 radical (unpaired) electrons. The highest BCUT2D eigenvalue weighted by Crippen LogP contribution is 2.26. The third-order valence-electron chi connectivity index (χ3n) is 4.33. The van der Waals surface area contributed by atoms with Crippen LogP contribution in [-0.2, 0) is 6.54 Å². The second-order valence-corrected chi connectivity index (χ2v) is 6.15. The molecule has 1 atom stereocenters. The molecule has 0 saturated carbocycles. The zero-order valence-electron chi connectivity index (χ0n) is 14.0. The number of halogens is 1. The predicted molar refractivity (Wildman–Crippen MR) is 94.5 cm³/mol. The molecule has 0 aromatic carbocycles. The molecule has 4 N–H and O–H groups in total. The Morgan fingerprint density at radius 2 is 2.32 bits per heavy atom. The maximum Gasteiger partial charge on any atom is 0.231 e. The van der Waals surface area contributed by atoms with Crippen molar-refractivity contribution in [2.45, 2.75) is 32.4 Å². The summed E-state index contributed by atoms with van der Waals surface area (Å²) in [5.41, 5.74) is 1.25. The van der Waals surface area contributed by atoms with E-state index in [9.17, 15) is 4.39 Å². The number of aryl methyl sites for hydroxylation is 1. The lowest BCUT2D eigenvalue weighted by atomic mass is 10.1. The first-order chi connectivity index (χ1) is 12.2. The highest BCUT2D eigenvalue weighted by molar-refractivity contribution is 5.89. The van der Waals surface area contributed by atoms with Crippen molar-refractivity contribution >= 4 is 28.5 Å². The van der Waals surface area contributed by atoms with E-state index in [0.29, 0.717) is 22.8 Å². The van der Waals surface area contributed by atoms with Crippen LogP contribution in [0.5, 0.6) is 0 Å². The van der Waals surface area contributed by atoms with Gasteiger partial charge in [-0.1, -0.05) is 0 Å². The van der Waals surface area contributed by atoms with Gasteiger partial charge in [-0.15, -0.1) is 0 Å². The van der Waals surface area contributed by atoms with Crippen LogP contribution in [-0.4, -0.2) is 43.9 Å². The molecule has 3 aromatic rings. The first-order valence-electron chi connectivity index (χ1n) is 8.54. The summed E-state index contributed by atoms with van der Waals surface area (Å²) in [6.45, 7) is 4.65. The van der Waals surface area contributed by atoms with Crippen LogP contribution in [0.15, 0.2) is 18.6 Å². The average molecular weight is 344 g/mol. The summed E-state index contributed by atoms with van der Waals surface area (Å²) in [5.74, 6) is 0.547. The average Bonchev–Trinajstić information content (AvgIpc) is 3.23. The van der Waals surface area contributed by atoms with Crippen LogP contribution in [0.3, 0.4) is 0 Å². The fourth-order valence-electron chi connectivity index (χ4n) is 3.05. The van der Waals surface area contributed by atoms with Crippen molar-refractivity contribution in [1.29, 1.82) is 0 Å². The molecule has 1 fully saturated rings. The third kappa shape index (κ3) is 3.27. The molecule has 1 aliphatic rings. The first-order valence-corrected chi connectivity index (χ1v) is 8.54. The summed E-state index contributed by atoms with van der Waals surface area (Å²) in [5, 5.41) is 14.4. The molecule has 1 unspecified atom stereocenters. The minimum atomic E-state index is -0.355. The quantitative estimate of drug-likeness (QED) is 0.567. The third-order valence-corrected chi connectivity index (χ3v) is 4.33. The van der Waals surface area contributed by atoms with E-state index in [-0.39, 0.29) is 11.9 Å². The van der Waals surface area contributed by atoms with Crippen LogP contribution in [0.1, 0.15) is 19.8 Å². The fraction of sp³-hybridized carbons (Fsp3) is 0.438. The number of aromatic nitrogens is 5. The van der Waals surface area contributed by atoms with Gasteiger partial charge in [0.25, 0.3) is 0 Å². The highest BCUT2D eigenvalue weighted by atomic mass is 19.1. The summed E-state index contributed by atoms with van der Waals surface area (Å²) >= 11 is 0. The van der Waals surface area contributed by atoms with Crippen LogP contribution in [0.25, 0.3) is 11.0 Å². The van der Waals surface area contributed by atoms with Gasteiger partial charge in [0.2, 0.25) is 5.95 Å². The minimum Gasteiger partial charge on any atom is -0.365 e. The van der Waals surface area contributed by atoms with E-state index in [2.05, 4.69) is 36.0 Å². The van der Waals surface area contributed by atoms with Gasteiger partial charge in [-0.2, -0.15) is 15.1 Å². The SMILES string of the molecule is CCn1cc(Nc2nc(NC3CCCNC3)c3c(F)c[nH]c3n2)cn1. The van der Waals surface area contributed by atoms with Crippen molar-refractivity contribution in [1.82, 2.24) is 30.0 Å². The zero-order chi connectivity index (χ0) is 17.2. The molecule has 1 saturated heterocycles. The summed E-state index contributed by atoms with van der Waals surface area (Å²) in [6, 6.07) is 0.219. The van der Waals surface area contributed by atoms with Gasteiger partial charge >= 0.3 is 0 Å². The Bertz CT molecular complexity index is 864. The molecule has 9 heteroatoms. The van der Waals surface area contributed by atoms with Crippen molar-refractivity contribution in [2.24, 2.45) is 0 Å². The molecule has 1 aliphatic heterocycles. The lowest BCUT2D eigenvalue weighted by molar-refractivity contribution is 0.479. The molecule has 0 bridgehead atoms. The Labute approximate surface area is 144 Å². The number of piperidine rings is 1. The normalized spacial score (nSPS) is 17.8. The number of hydrogen-bond acceptors (Lipinski definition) is 6. The molecule has 8 nitrogen and oxygen atoms in total. The molecule has 132 valence electrons. The second kappa shape index (κ2) is 6.67. The van der Waals surface area contributed by atoms with E-state index in [1.807, 2.05) is 17.8 Å². The van der Waals surface area contributed by atoms with E-state index in [4.69, 9.17) is 0 Å². The molecule has 0 spiro atoms. The van der Waals surface area contributed by atoms with Gasteiger partial charge < -0.3 is 20.9 Å². The van der Waals surface area contributed by atoms with Gasteiger partial charge in [0.05, 0.1) is 17.3 Å². The Morgan fingerprint density at radius 1 is 1.40 bits per heavy atom. The number of nitrogens with one attached hydrogen (secondary N) is 4. The molecule has 25 heavy (non-hydrogen) atoms. The lowest BCUT2D eigenvalue weighted by Gasteiger charge is -2.24. The Balaban J connectivity index is 1.65. The molecule has 0 amide bonds. The number of H-pyrrole nitrogens is 1. The summed E-state index contributed by atoms with van der Waals surface area (Å²) < 4.78 is 16.0. The van der Waals surface area contributed by atoms with E-state index in [1.165, 1.54) is 6.20 Å². The van der Waals surface area contributed by atoms with Crippen LogP contribution < -0.4 is 16.0 Å². The van der Waals surface area contributed by atoms with Gasteiger partial charge in [0.15, 0.2) is 5.82 Å².